The van der Waals surface area contributed by atoms with Crippen LogP contribution in [0.3, 0.4) is 0 Å². The van der Waals surface area contributed by atoms with E-state index >= 15 is 0 Å². The van der Waals surface area contributed by atoms with Crippen LogP contribution in [-0.2, 0) is 11.4 Å². The van der Waals surface area contributed by atoms with Crippen molar-refractivity contribution in [3.05, 3.63) is 35.4 Å². The van der Waals surface area contributed by atoms with Gasteiger partial charge in [-0.05, 0) is 24.1 Å². The van der Waals surface area contributed by atoms with E-state index in [0.717, 1.165) is 18.4 Å². The van der Waals surface area contributed by atoms with Crippen molar-refractivity contribution in [3.8, 4) is 0 Å². The van der Waals surface area contributed by atoms with E-state index in [1.807, 2.05) is 0 Å². The number of carbonyl (C=O) groups excluding carboxylic acids is 1. The molecule has 0 spiro atoms. The molecule has 0 aliphatic carbocycles. The molecule has 0 aliphatic rings. The number of unbranched alkanes of at least 4 members (excludes halogenated alkanes) is 8. The number of carboxylic acid groups (broad SMARTS) is 1. The molecular weight excluding hydrogens is 358 g/mol. The summed E-state index contributed by atoms with van der Waals surface area (Å²) in [6.07, 6.45) is 10.6. The van der Waals surface area contributed by atoms with Crippen LogP contribution in [0, 0.1) is 0 Å². The third kappa shape index (κ3) is 11.2. The summed E-state index contributed by atoms with van der Waals surface area (Å²) in [5, 5.41) is 14.5. The van der Waals surface area contributed by atoms with E-state index in [-0.39, 0.29) is 6.54 Å². The molecule has 0 radical (unpaired) electrons. The second kappa shape index (κ2) is 14.5. The first-order valence-corrected chi connectivity index (χ1v) is 10.1. The van der Waals surface area contributed by atoms with Gasteiger partial charge >= 0.3 is 12.1 Å². The van der Waals surface area contributed by atoms with Gasteiger partial charge in [0, 0.05) is 13.0 Å². The van der Waals surface area contributed by atoms with Gasteiger partial charge in [0.25, 0.3) is 0 Å². The van der Waals surface area contributed by atoms with E-state index in [9.17, 15) is 9.59 Å². The monoisotopic (exact) mass is 391 g/mol. The van der Waals surface area contributed by atoms with Crippen LogP contribution in [0.1, 0.15) is 87.1 Å². The zero-order chi connectivity index (χ0) is 20.6. The molecule has 0 atom stereocenters. The first-order valence-electron chi connectivity index (χ1n) is 10.1. The normalized spacial score (nSPS) is 11.2. The number of benzene rings is 1. The zero-order valence-corrected chi connectivity index (χ0v) is 16.8. The molecule has 1 aromatic carbocycles. The Morgan fingerprint density at radius 3 is 2.14 bits per heavy atom. The molecule has 0 aliphatic heterocycles. The lowest BCUT2D eigenvalue weighted by Crippen LogP contribution is -2.19. The van der Waals surface area contributed by atoms with Crippen LogP contribution >= 0.6 is 0 Å². The molecule has 0 heterocycles. The third-order valence-corrected chi connectivity index (χ3v) is 4.42. The molecule has 0 saturated heterocycles. The van der Waals surface area contributed by atoms with Crippen molar-refractivity contribution in [1.29, 1.82) is 0 Å². The highest BCUT2D eigenvalue weighted by atomic mass is 16.7. The Balaban J connectivity index is 2.20. The molecule has 7 heteroatoms. The van der Waals surface area contributed by atoms with Crippen LogP contribution in [0.4, 0.5) is 4.79 Å². The summed E-state index contributed by atoms with van der Waals surface area (Å²) in [6.45, 7) is 2.40. The smallest absolute Gasteiger partial charge is 0.404 e. The first kappa shape index (κ1) is 23.5. The Bertz CT molecular complexity index is 615. The van der Waals surface area contributed by atoms with Gasteiger partial charge in [0.1, 0.15) is 5.84 Å². The molecule has 0 fully saturated rings. The number of amidine groups is 1. The quantitative estimate of drug-likeness (QED) is 0.138. The predicted molar refractivity (Wildman–Crippen MR) is 110 cm³/mol. The Morgan fingerprint density at radius 2 is 1.57 bits per heavy atom. The zero-order valence-electron chi connectivity index (χ0n) is 16.8. The average molecular weight is 392 g/mol. The SMILES string of the molecule is CCCCCCCCCCCC(N)=NOC(=O)c1ccc(CNC(=O)O)cc1. The van der Waals surface area contributed by atoms with Crippen molar-refractivity contribution in [1.82, 2.24) is 5.32 Å². The highest BCUT2D eigenvalue weighted by Crippen LogP contribution is 2.11. The van der Waals surface area contributed by atoms with Gasteiger partial charge in [0.2, 0.25) is 0 Å². The number of nitrogens with one attached hydrogen (secondary N) is 1. The van der Waals surface area contributed by atoms with Crippen LogP contribution in [0.25, 0.3) is 0 Å². The fourth-order valence-corrected chi connectivity index (χ4v) is 2.75. The van der Waals surface area contributed by atoms with Gasteiger partial charge in [-0.2, -0.15) is 0 Å². The summed E-state index contributed by atoms with van der Waals surface area (Å²) >= 11 is 0. The van der Waals surface area contributed by atoms with Crippen LogP contribution in [0.5, 0.6) is 0 Å². The highest BCUT2D eigenvalue weighted by Gasteiger charge is 2.08. The van der Waals surface area contributed by atoms with Crippen molar-refractivity contribution in [2.24, 2.45) is 10.9 Å². The van der Waals surface area contributed by atoms with Gasteiger partial charge < -0.3 is 21.0 Å². The lowest BCUT2D eigenvalue weighted by molar-refractivity contribution is 0.0514. The summed E-state index contributed by atoms with van der Waals surface area (Å²) < 4.78 is 0. The number of oxime groups is 1. The summed E-state index contributed by atoms with van der Waals surface area (Å²) in [4.78, 5) is 27.3. The second-order valence-corrected chi connectivity index (χ2v) is 6.90. The molecule has 28 heavy (non-hydrogen) atoms. The van der Waals surface area contributed by atoms with E-state index in [4.69, 9.17) is 15.7 Å². The summed E-state index contributed by atoms with van der Waals surface area (Å²) in [7, 11) is 0. The van der Waals surface area contributed by atoms with Gasteiger partial charge in [-0.3, -0.25) is 0 Å². The number of nitrogens with zero attached hydrogens (tertiary/aromatic N) is 1. The van der Waals surface area contributed by atoms with Crippen molar-refractivity contribution in [2.75, 3.05) is 0 Å². The highest BCUT2D eigenvalue weighted by molar-refractivity contribution is 5.90. The van der Waals surface area contributed by atoms with Crippen molar-refractivity contribution in [2.45, 2.75) is 77.7 Å². The van der Waals surface area contributed by atoms with Gasteiger partial charge in [0.05, 0.1) is 5.56 Å². The molecular formula is C21H33N3O4. The Hall–Kier alpha value is -2.57. The predicted octanol–water partition coefficient (Wildman–Crippen LogP) is 4.80. The summed E-state index contributed by atoms with van der Waals surface area (Å²) in [6, 6.07) is 6.44. The van der Waals surface area contributed by atoms with E-state index in [0.29, 0.717) is 17.8 Å². The Morgan fingerprint density at radius 1 is 1.00 bits per heavy atom. The number of hydrogen-bond acceptors (Lipinski definition) is 4. The number of carbonyl (C=O) groups is 2. The van der Waals surface area contributed by atoms with Gasteiger partial charge in [-0.1, -0.05) is 75.6 Å². The van der Waals surface area contributed by atoms with Crippen molar-refractivity contribution < 1.29 is 19.5 Å². The van der Waals surface area contributed by atoms with Crippen LogP contribution in [-0.4, -0.2) is 23.0 Å². The molecule has 4 N–H and O–H groups in total. The number of amides is 1. The van der Waals surface area contributed by atoms with E-state index in [2.05, 4.69) is 17.4 Å². The van der Waals surface area contributed by atoms with Gasteiger partial charge in [-0.15, -0.1) is 0 Å². The van der Waals surface area contributed by atoms with E-state index < -0.39 is 12.1 Å². The Kier molecular flexibility index (Phi) is 12.1. The molecule has 156 valence electrons. The van der Waals surface area contributed by atoms with Gasteiger partial charge in [0.15, 0.2) is 0 Å². The fourth-order valence-electron chi connectivity index (χ4n) is 2.75. The molecule has 1 amide bonds. The van der Waals surface area contributed by atoms with Crippen LogP contribution < -0.4 is 11.1 Å². The molecule has 1 rings (SSSR count). The number of hydrogen-bond donors (Lipinski definition) is 3. The third-order valence-electron chi connectivity index (χ3n) is 4.42. The van der Waals surface area contributed by atoms with E-state index in [1.54, 1.807) is 24.3 Å². The molecule has 0 bridgehead atoms. The maximum atomic E-state index is 12.0. The lowest BCUT2D eigenvalue weighted by atomic mass is 10.1. The average Bonchev–Trinajstić information content (AvgIpc) is 2.69. The molecule has 0 saturated carbocycles. The van der Waals surface area contributed by atoms with Crippen LogP contribution in [0.15, 0.2) is 29.4 Å². The minimum atomic E-state index is -1.10. The molecule has 1 aromatic rings. The minimum Gasteiger partial charge on any atom is -0.465 e. The van der Waals surface area contributed by atoms with E-state index in [1.165, 1.54) is 44.9 Å². The largest absolute Gasteiger partial charge is 0.465 e. The van der Waals surface area contributed by atoms with Crippen LogP contribution in [0.2, 0.25) is 0 Å². The summed E-state index contributed by atoms with van der Waals surface area (Å²) in [5.74, 6) is -0.272. The van der Waals surface area contributed by atoms with Crippen molar-refractivity contribution in [3.63, 3.8) is 0 Å². The Labute approximate surface area is 167 Å². The second-order valence-electron chi connectivity index (χ2n) is 6.90. The number of nitrogens with two attached hydrogens (primary N) is 1. The molecule has 0 unspecified atom stereocenters. The summed E-state index contributed by atoms with van der Waals surface area (Å²) in [5.41, 5.74) is 6.87. The topological polar surface area (TPSA) is 114 Å². The lowest BCUT2D eigenvalue weighted by Gasteiger charge is -2.04. The number of rotatable bonds is 14. The van der Waals surface area contributed by atoms with Crippen molar-refractivity contribution >= 4 is 17.9 Å². The maximum Gasteiger partial charge on any atom is 0.404 e. The first-order chi connectivity index (χ1) is 13.5. The molecule has 0 aromatic heterocycles. The minimum absolute atomic E-state index is 0.175. The molecule has 7 nitrogen and oxygen atoms in total. The standard InChI is InChI=1S/C21H33N3O4/c1-2-3-4-5-6-7-8-9-10-11-19(22)24-28-20(25)18-14-12-17(13-15-18)16-23-21(26)27/h12-15,23H,2-11,16H2,1H3,(H2,22,24)(H,26,27). The van der Waals surface area contributed by atoms with Gasteiger partial charge in [-0.25, -0.2) is 9.59 Å². The maximum absolute atomic E-state index is 12.0. The fraction of sp³-hybridized carbons (Fsp3) is 0.571.